The van der Waals surface area contributed by atoms with Gasteiger partial charge < -0.3 is 9.53 Å². The molecule has 88 valence electrons. The first kappa shape index (κ1) is 11.9. The van der Waals surface area contributed by atoms with Crippen molar-refractivity contribution < 1.29 is 9.53 Å². The Morgan fingerprint density at radius 1 is 1.24 bits per heavy atom. The van der Waals surface area contributed by atoms with Gasteiger partial charge in [-0.3, -0.25) is 0 Å². The minimum absolute atomic E-state index is 0.453. The second-order valence-corrected chi connectivity index (χ2v) is 4.46. The van der Waals surface area contributed by atoms with Crippen LogP contribution in [0.5, 0.6) is 5.75 Å². The van der Waals surface area contributed by atoms with E-state index < -0.39 is 5.38 Å². The summed E-state index contributed by atoms with van der Waals surface area (Å²) in [4.78, 5) is 10.5. The number of methoxy groups -OCH3 is 1. The Bertz CT molecular complexity index is 537. The number of aldehydes is 1. The highest BCUT2D eigenvalue weighted by atomic mass is 35.5. The highest BCUT2D eigenvalue weighted by Crippen LogP contribution is 2.22. The third-order valence-electron chi connectivity index (χ3n) is 2.69. The van der Waals surface area contributed by atoms with Crippen LogP contribution in [0.2, 0.25) is 0 Å². The van der Waals surface area contributed by atoms with Gasteiger partial charge >= 0.3 is 0 Å². The van der Waals surface area contributed by atoms with Crippen LogP contribution in [0.3, 0.4) is 0 Å². The molecule has 0 spiro atoms. The van der Waals surface area contributed by atoms with Crippen molar-refractivity contribution in [1.82, 2.24) is 0 Å². The number of alkyl halides is 1. The van der Waals surface area contributed by atoms with E-state index in [1.54, 1.807) is 7.11 Å². The highest BCUT2D eigenvalue weighted by molar-refractivity contribution is 6.27. The first-order chi connectivity index (χ1) is 8.22. The zero-order valence-corrected chi connectivity index (χ0v) is 10.3. The number of hydrogen-bond donors (Lipinski definition) is 0. The van der Waals surface area contributed by atoms with Crippen LogP contribution in [0.1, 0.15) is 5.56 Å². The Hall–Kier alpha value is -1.54. The third-order valence-corrected chi connectivity index (χ3v) is 2.95. The average molecular weight is 249 g/mol. The van der Waals surface area contributed by atoms with Crippen LogP contribution in [0, 0.1) is 0 Å². The highest BCUT2D eigenvalue weighted by Gasteiger charge is 2.05. The fourth-order valence-corrected chi connectivity index (χ4v) is 1.98. The lowest BCUT2D eigenvalue weighted by Crippen LogP contribution is -2.03. The van der Waals surface area contributed by atoms with Crippen LogP contribution in [-0.2, 0) is 11.2 Å². The molecule has 1 unspecified atom stereocenters. The van der Waals surface area contributed by atoms with E-state index in [0.717, 1.165) is 28.4 Å². The molecule has 17 heavy (non-hydrogen) atoms. The first-order valence-corrected chi connectivity index (χ1v) is 5.82. The molecular weight excluding hydrogens is 236 g/mol. The van der Waals surface area contributed by atoms with Gasteiger partial charge in [-0.1, -0.05) is 24.3 Å². The Morgan fingerprint density at radius 2 is 1.94 bits per heavy atom. The molecule has 0 saturated carbocycles. The number of fused-ring (bicyclic) bond motifs is 1. The smallest absolute Gasteiger partial charge is 0.138 e. The molecule has 2 rings (SSSR count). The summed E-state index contributed by atoms with van der Waals surface area (Å²) in [6.07, 6.45) is 1.33. The Morgan fingerprint density at radius 3 is 2.65 bits per heavy atom. The first-order valence-electron chi connectivity index (χ1n) is 5.39. The number of halogens is 1. The lowest BCUT2D eigenvalue weighted by atomic mass is 10.0. The molecule has 0 saturated heterocycles. The summed E-state index contributed by atoms with van der Waals surface area (Å²) in [6.45, 7) is 0. The maximum Gasteiger partial charge on any atom is 0.138 e. The van der Waals surface area contributed by atoms with Crippen molar-refractivity contribution in [2.45, 2.75) is 11.8 Å². The van der Waals surface area contributed by atoms with Gasteiger partial charge in [0.2, 0.25) is 0 Å². The van der Waals surface area contributed by atoms with Crippen molar-refractivity contribution in [1.29, 1.82) is 0 Å². The zero-order chi connectivity index (χ0) is 12.3. The van der Waals surface area contributed by atoms with Crippen molar-refractivity contribution in [3.05, 3.63) is 42.0 Å². The predicted molar refractivity (Wildman–Crippen MR) is 69.9 cm³/mol. The molecule has 2 aromatic carbocycles. The van der Waals surface area contributed by atoms with E-state index in [4.69, 9.17) is 16.3 Å². The number of benzene rings is 2. The van der Waals surface area contributed by atoms with Crippen molar-refractivity contribution in [3.63, 3.8) is 0 Å². The molecule has 0 aliphatic rings. The zero-order valence-electron chi connectivity index (χ0n) is 9.52. The molecule has 2 aromatic rings. The van der Waals surface area contributed by atoms with Crippen LogP contribution < -0.4 is 4.74 Å². The van der Waals surface area contributed by atoms with Gasteiger partial charge in [0.25, 0.3) is 0 Å². The second kappa shape index (κ2) is 5.19. The summed E-state index contributed by atoms with van der Waals surface area (Å²) in [5, 5.41) is 1.79. The van der Waals surface area contributed by atoms with Crippen LogP contribution in [-0.4, -0.2) is 18.8 Å². The molecule has 3 heteroatoms. The summed E-state index contributed by atoms with van der Waals surface area (Å²) >= 11 is 5.81. The minimum atomic E-state index is -0.453. The van der Waals surface area contributed by atoms with Crippen LogP contribution >= 0.6 is 11.6 Å². The van der Waals surface area contributed by atoms with E-state index in [0.29, 0.717) is 6.42 Å². The number of carbonyl (C=O) groups is 1. The molecule has 1 atom stereocenters. The quantitative estimate of drug-likeness (QED) is 0.614. The van der Waals surface area contributed by atoms with Gasteiger partial charge in [0.15, 0.2) is 0 Å². The van der Waals surface area contributed by atoms with Crippen molar-refractivity contribution in [3.8, 4) is 5.75 Å². The molecule has 0 aliphatic carbocycles. The maximum absolute atomic E-state index is 10.5. The lowest BCUT2D eigenvalue weighted by molar-refractivity contribution is -0.107. The summed E-state index contributed by atoms with van der Waals surface area (Å²) in [5.74, 6) is 0.841. The predicted octanol–water partition coefficient (Wildman–Crippen LogP) is 3.20. The lowest BCUT2D eigenvalue weighted by Gasteiger charge is -2.06. The van der Waals surface area contributed by atoms with Crippen LogP contribution in [0.4, 0.5) is 0 Å². The molecule has 0 bridgehead atoms. The minimum Gasteiger partial charge on any atom is -0.497 e. The van der Waals surface area contributed by atoms with Gasteiger partial charge in [0, 0.05) is 0 Å². The molecule has 0 aromatic heterocycles. The number of hydrogen-bond acceptors (Lipinski definition) is 2. The van der Waals surface area contributed by atoms with E-state index >= 15 is 0 Å². The summed E-state index contributed by atoms with van der Waals surface area (Å²) in [5.41, 5.74) is 1.06. The normalized spacial score (nSPS) is 12.4. The second-order valence-electron chi connectivity index (χ2n) is 3.90. The number of carbonyl (C=O) groups excluding carboxylic acids is 1. The summed E-state index contributed by atoms with van der Waals surface area (Å²) in [6, 6.07) is 12.0. The van der Waals surface area contributed by atoms with Gasteiger partial charge in [0.1, 0.15) is 12.0 Å². The molecular formula is C14H13ClO2. The van der Waals surface area contributed by atoms with E-state index in [1.807, 2.05) is 36.4 Å². The van der Waals surface area contributed by atoms with Crippen molar-refractivity contribution >= 4 is 28.7 Å². The molecule has 0 aliphatic heterocycles. The monoisotopic (exact) mass is 248 g/mol. The fraction of sp³-hybridized carbons (Fsp3) is 0.214. The van der Waals surface area contributed by atoms with Gasteiger partial charge in [-0.2, -0.15) is 0 Å². The van der Waals surface area contributed by atoms with Crippen LogP contribution in [0.15, 0.2) is 36.4 Å². The fourth-order valence-electron chi connectivity index (χ4n) is 1.80. The van der Waals surface area contributed by atoms with Gasteiger partial charge in [-0.25, -0.2) is 0 Å². The Labute approximate surface area is 105 Å². The third kappa shape index (κ3) is 2.77. The topological polar surface area (TPSA) is 26.3 Å². The standard InChI is InChI=1S/C14H13ClO2/c1-17-14-5-4-11-6-10(7-13(15)9-16)2-3-12(11)8-14/h2-6,8-9,13H,7H2,1H3. The SMILES string of the molecule is COc1ccc2cc(CC(Cl)C=O)ccc2c1. The molecule has 0 N–H and O–H groups in total. The molecule has 0 fully saturated rings. The average Bonchev–Trinajstić information content (AvgIpc) is 2.38. The Kier molecular flexibility index (Phi) is 3.64. The largest absolute Gasteiger partial charge is 0.497 e. The van der Waals surface area contributed by atoms with E-state index in [2.05, 4.69) is 0 Å². The van der Waals surface area contributed by atoms with E-state index in [-0.39, 0.29) is 0 Å². The van der Waals surface area contributed by atoms with Crippen molar-refractivity contribution in [2.24, 2.45) is 0 Å². The molecule has 0 radical (unpaired) electrons. The summed E-state index contributed by atoms with van der Waals surface area (Å²) < 4.78 is 5.17. The number of rotatable bonds is 4. The maximum atomic E-state index is 10.5. The van der Waals surface area contributed by atoms with Crippen LogP contribution in [0.25, 0.3) is 10.8 Å². The van der Waals surface area contributed by atoms with Crippen molar-refractivity contribution in [2.75, 3.05) is 7.11 Å². The molecule has 0 heterocycles. The van der Waals surface area contributed by atoms with E-state index in [1.165, 1.54) is 0 Å². The number of ether oxygens (including phenoxy) is 1. The van der Waals surface area contributed by atoms with Gasteiger partial charge in [-0.05, 0) is 34.9 Å². The van der Waals surface area contributed by atoms with Gasteiger partial charge in [0.05, 0.1) is 12.5 Å². The van der Waals surface area contributed by atoms with E-state index in [9.17, 15) is 4.79 Å². The summed E-state index contributed by atoms with van der Waals surface area (Å²) in [7, 11) is 1.65. The molecule has 2 nitrogen and oxygen atoms in total. The molecule has 0 amide bonds. The van der Waals surface area contributed by atoms with Gasteiger partial charge in [-0.15, -0.1) is 11.6 Å². The Balaban J connectivity index is 2.34.